The Morgan fingerprint density at radius 1 is 1.03 bits per heavy atom. The number of aromatic nitrogens is 5. The number of aryl methyl sites for hydroxylation is 2. The molecule has 4 atom stereocenters. The van der Waals surface area contributed by atoms with Gasteiger partial charge in [0.15, 0.2) is 5.82 Å². The number of hydrogen-bond acceptors (Lipinski definition) is 7. The average molecular weight is 468 g/mol. The van der Waals surface area contributed by atoms with E-state index >= 15 is 0 Å². The first kappa shape index (κ1) is 21.4. The van der Waals surface area contributed by atoms with E-state index in [2.05, 4.69) is 20.2 Å². The summed E-state index contributed by atoms with van der Waals surface area (Å²) in [5, 5.41) is 8.30. The number of nitrogens with one attached hydrogen (secondary N) is 1. The molecule has 3 aliphatic rings. The predicted molar refractivity (Wildman–Crippen MR) is 121 cm³/mol. The summed E-state index contributed by atoms with van der Waals surface area (Å²) < 4.78 is 35.5. The molecule has 2 aromatic heterocycles. The molecule has 1 aliphatic carbocycles. The minimum absolute atomic E-state index is 0.275. The fraction of sp³-hybridized carbons (Fsp3) is 0.500. The zero-order chi connectivity index (χ0) is 23.2. The van der Waals surface area contributed by atoms with Crippen molar-refractivity contribution in [3.63, 3.8) is 0 Å². The van der Waals surface area contributed by atoms with Gasteiger partial charge in [-0.05, 0) is 55.7 Å². The number of ether oxygens (including phenoxy) is 1. The highest BCUT2D eigenvalue weighted by atomic mass is 19.1. The molecule has 6 rings (SSSR count). The van der Waals surface area contributed by atoms with E-state index in [1.165, 1.54) is 12.1 Å². The molecule has 0 unspecified atom stereocenters. The summed E-state index contributed by atoms with van der Waals surface area (Å²) in [5.74, 6) is 1.77. The second kappa shape index (κ2) is 8.57. The van der Waals surface area contributed by atoms with Crippen LogP contribution in [-0.4, -0.2) is 50.5 Å². The van der Waals surface area contributed by atoms with Crippen LogP contribution in [0.3, 0.4) is 0 Å². The maximum atomic E-state index is 13.9. The molecule has 2 bridgehead atoms. The largest absolute Gasteiger partial charge is 0.365 e. The van der Waals surface area contributed by atoms with Gasteiger partial charge in [0.25, 0.3) is 0 Å². The summed E-state index contributed by atoms with van der Waals surface area (Å²) in [4.78, 5) is 15.8. The Morgan fingerprint density at radius 2 is 1.79 bits per heavy atom. The van der Waals surface area contributed by atoms with Gasteiger partial charge in [-0.25, -0.2) is 23.4 Å². The highest BCUT2D eigenvalue weighted by Crippen LogP contribution is 2.40. The average Bonchev–Trinajstić information content (AvgIpc) is 3.20. The second-order valence-corrected chi connectivity index (χ2v) is 9.51. The molecule has 2 aliphatic heterocycles. The van der Waals surface area contributed by atoms with Crippen LogP contribution in [0, 0.1) is 30.4 Å². The van der Waals surface area contributed by atoms with Crippen LogP contribution in [0.2, 0.25) is 0 Å². The third-order valence-corrected chi connectivity index (χ3v) is 7.16. The molecule has 178 valence electrons. The van der Waals surface area contributed by atoms with Crippen LogP contribution >= 0.6 is 0 Å². The zero-order valence-electron chi connectivity index (χ0n) is 19.0. The maximum absolute atomic E-state index is 13.9. The van der Waals surface area contributed by atoms with E-state index in [0.29, 0.717) is 42.3 Å². The molecule has 1 saturated heterocycles. The van der Waals surface area contributed by atoms with Crippen LogP contribution in [0.15, 0.2) is 30.6 Å². The van der Waals surface area contributed by atoms with Crippen LogP contribution in [0.4, 0.5) is 20.5 Å². The predicted octanol–water partition coefficient (Wildman–Crippen LogP) is 3.49. The molecule has 1 saturated carbocycles. The van der Waals surface area contributed by atoms with Crippen molar-refractivity contribution in [3.05, 3.63) is 59.3 Å². The Bertz CT molecular complexity index is 1170. The van der Waals surface area contributed by atoms with E-state index < -0.39 is 17.7 Å². The van der Waals surface area contributed by atoms with Crippen molar-refractivity contribution in [2.45, 2.75) is 44.9 Å². The van der Waals surface area contributed by atoms with Gasteiger partial charge in [0.1, 0.15) is 29.9 Å². The number of fused-ring (bicyclic) bond motifs is 3. The van der Waals surface area contributed by atoms with E-state index in [1.54, 1.807) is 6.33 Å². The summed E-state index contributed by atoms with van der Waals surface area (Å²) in [6.45, 7) is 4.95. The van der Waals surface area contributed by atoms with E-state index in [-0.39, 0.29) is 6.04 Å². The van der Waals surface area contributed by atoms with E-state index in [1.807, 2.05) is 17.7 Å². The quantitative estimate of drug-likeness (QED) is 0.629. The van der Waals surface area contributed by atoms with Crippen LogP contribution in [0.25, 0.3) is 0 Å². The molecule has 1 N–H and O–H groups in total. The van der Waals surface area contributed by atoms with Gasteiger partial charge in [-0.1, -0.05) is 0 Å². The highest BCUT2D eigenvalue weighted by Gasteiger charge is 2.43. The molecule has 8 nitrogen and oxygen atoms in total. The Morgan fingerprint density at radius 3 is 2.53 bits per heavy atom. The third kappa shape index (κ3) is 4.00. The Kier molecular flexibility index (Phi) is 5.40. The van der Waals surface area contributed by atoms with E-state index in [0.717, 1.165) is 49.9 Å². The molecule has 1 aromatic carbocycles. The van der Waals surface area contributed by atoms with Gasteiger partial charge in [-0.15, -0.1) is 5.10 Å². The van der Waals surface area contributed by atoms with Crippen LogP contribution < -0.4 is 10.2 Å². The standard InChI is InChI=1S/C24H27F2N7O/c1-14-7-20(28-13-27-14)32-11-15-3-4-16(12-32)21(15)29-24-30-23-22(34-6-2-5-33(23)31-24)17-8-18(25)10-19(26)9-17/h7-10,13,15-16,21-22H,2-6,11-12H2,1H3,(H,29,31)/t15-,16+,21-,22-/m1/s1. The van der Waals surface area contributed by atoms with E-state index in [9.17, 15) is 8.78 Å². The molecule has 4 heterocycles. The number of nitrogens with zero attached hydrogens (tertiary/aromatic N) is 6. The van der Waals surface area contributed by atoms with Gasteiger partial charge in [0.05, 0.1) is 0 Å². The molecule has 0 amide bonds. The lowest BCUT2D eigenvalue weighted by Gasteiger charge is -2.38. The van der Waals surface area contributed by atoms with Crippen molar-refractivity contribution >= 4 is 11.8 Å². The van der Waals surface area contributed by atoms with Gasteiger partial charge >= 0.3 is 0 Å². The van der Waals surface area contributed by atoms with Crippen molar-refractivity contribution in [2.75, 3.05) is 29.9 Å². The van der Waals surface area contributed by atoms with Crippen LogP contribution in [-0.2, 0) is 11.3 Å². The van der Waals surface area contributed by atoms with Crippen molar-refractivity contribution in [2.24, 2.45) is 11.8 Å². The molecule has 0 spiro atoms. The van der Waals surface area contributed by atoms with E-state index in [4.69, 9.17) is 14.8 Å². The zero-order valence-corrected chi connectivity index (χ0v) is 19.0. The smallest absolute Gasteiger partial charge is 0.242 e. The minimum atomic E-state index is -0.657. The first-order chi connectivity index (χ1) is 16.5. The summed E-state index contributed by atoms with van der Waals surface area (Å²) in [7, 11) is 0. The number of anilines is 2. The highest BCUT2D eigenvalue weighted by molar-refractivity contribution is 5.42. The first-order valence-electron chi connectivity index (χ1n) is 11.9. The van der Waals surface area contributed by atoms with Crippen molar-refractivity contribution in [3.8, 4) is 0 Å². The lowest BCUT2D eigenvalue weighted by atomic mass is 9.92. The Labute approximate surface area is 196 Å². The number of piperidine rings is 1. The van der Waals surface area contributed by atoms with Gasteiger partial charge in [0.2, 0.25) is 5.95 Å². The summed E-state index contributed by atoms with van der Waals surface area (Å²) in [5.41, 5.74) is 1.38. The summed E-state index contributed by atoms with van der Waals surface area (Å²) in [6, 6.07) is 5.78. The monoisotopic (exact) mass is 467 g/mol. The van der Waals surface area contributed by atoms with Crippen molar-refractivity contribution in [1.82, 2.24) is 24.7 Å². The van der Waals surface area contributed by atoms with Gasteiger partial charge in [0, 0.05) is 50.1 Å². The number of benzene rings is 1. The normalized spacial score (nSPS) is 26.3. The topological polar surface area (TPSA) is 81.0 Å². The Balaban J connectivity index is 1.22. The number of rotatable bonds is 4. The van der Waals surface area contributed by atoms with Crippen LogP contribution in [0.1, 0.15) is 42.4 Å². The summed E-state index contributed by atoms with van der Waals surface area (Å²) >= 11 is 0. The fourth-order valence-corrected chi connectivity index (χ4v) is 5.64. The molecular weight excluding hydrogens is 440 g/mol. The molecular formula is C24H27F2N7O. The van der Waals surface area contributed by atoms with Crippen molar-refractivity contribution < 1.29 is 13.5 Å². The first-order valence-corrected chi connectivity index (χ1v) is 11.9. The molecule has 3 aromatic rings. The number of hydrogen-bond donors (Lipinski definition) is 1. The third-order valence-electron chi connectivity index (χ3n) is 7.16. The molecule has 34 heavy (non-hydrogen) atoms. The second-order valence-electron chi connectivity index (χ2n) is 9.51. The fourth-order valence-electron chi connectivity index (χ4n) is 5.64. The van der Waals surface area contributed by atoms with Gasteiger partial charge in [-0.3, -0.25) is 0 Å². The number of halogens is 2. The molecule has 0 radical (unpaired) electrons. The van der Waals surface area contributed by atoms with Gasteiger partial charge in [-0.2, -0.15) is 4.98 Å². The van der Waals surface area contributed by atoms with Crippen LogP contribution in [0.5, 0.6) is 0 Å². The lowest BCUT2D eigenvalue weighted by molar-refractivity contribution is 0.0808. The minimum Gasteiger partial charge on any atom is -0.365 e. The molecule has 10 heteroatoms. The summed E-state index contributed by atoms with van der Waals surface area (Å²) in [6.07, 6.45) is 4.01. The molecule has 2 fully saturated rings. The van der Waals surface area contributed by atoms with Crippen molar-refractivity contribution in [1.29, 1.82) is 0 Å². The lowest BCUT2D eigenvalue weighted by Crippen LogP contribution is -2.48. The van der Waals surface area contributed by atoms with Gasteiger partial charge < -0.3 is 15.0 Å². The SMILES string of the molecule is Cc1cc(N2C[C@H]3CC[C@@H](C2)[C@@H]3Nc2nc3n(n2)CCCO[C@@H]3c2cc(F)cc(F)c2)ncn1. The maximum Gasteiger partial charge on any atom is 0.242 e. The Hall–Kier alpha value is -3.14.